The van der Waals surface area contributed by atoms with Crippen LogP contribution in [0.1, 0.15) is 19.9 Å². The molecule has 0 aliphatic rings. The summed E-state index contributed by atoms with van der Waals surface area (Å²) in [4.78, 5) is 39.7. The number of fused-ring (bicyclic) bond motifs is 1. The maximum absolute atomic E-state index is 13.9. The molecule has 1 aromatic heterocycles. The lowest BCUT2D eigenvalue weighted by Gasteiger charge is -2.16. The van der Waals surface area contributed by atoms with Crippen molar-refractivity contribution in [1.82, 2.24) is 9.55 Å². The Labute approximate surface area is 168 Å². The molecule has 0 aliphatic heterocycles. The van der Waals surface area contributed by atoms with Crippen molar-refractivity contribution in [3.05, 3.63) is 68.7 Å². The molecule has 150 valence electrons. The Balaban J connectivity index is 1.83. The molecule has 0 fully saturated rings. The smallest absolute Gasteiger partial charge is 0.271 e. The van der Waals surface area contributed by atoms with E-state index in [1.807, 2.05) is 13.8 Å². The van der Waals surface area contributed by atoms with Crippen molar-refractivity contribution in [2.75, 3.05) is 11.1 Å². The molecule has 0 unspecified atom stereocenters. The van der Waals surface area contributed by atoms with Crippen LogP contribution < -0.4 is 10.9 Å². The zero-order valence-corrected chi connectivity index (χ0v) is 16.4. The molecule has 0 bridgehead atoms. The summed E-state index contributed by atoms with van der Waals surface area (Å²) in [5.74, 6) is -1.51. The number of anilines is 1. The van der Waals surface area contributed by atoms with E-state index in [2.05, 4.69) is 10.3 Å². The molecule has 8 nitrogen and oxygen atoms in total. The van der Waals surface area contributed by atoms with Gasteiger partial charge in [-0.2, -0.15) is 0 Å². The van der Waals surface area contributed by atoms with Gasteiger partial charge in [0, 0.05) is 18.2 Å². The molecule has 10 heteroatoms. The van der Waals surface area contributed by atoms with Crippen molar-refractivity contribution in [3.63, 3.8) is 0 Å². The monoisotopic (exact) mass is 416 g/mol. The third-order valence-corrected chi connectivity index (χ3v) is 5.01. The van der Waals surface area contributed by atoms with Crippen LogP contribution in [-0.2, 0) is 4.79 Å². The molecule has 3 aromatic rings. The number of para-hydroxylation sites is 1. The zero-order valence-electron chi connectivity index (χ0n) is 15.6. The second kappa shape index (κ2) is 8.39. The van der Waals surface area contributed by atoms with Crippen molar-refractivity contribution in [2.24, 2.45) is 0 Å². The second-order valence-corrected chi connectivity index (χ2v) is 7.38. The van der Waals surface area contributed by atoms with Gasteiger partial charge < -0.3 is 5.32 Å². The minimum Gasteiger partial charge on any atom is -0.323 e. The first-order valence-corrected chi connectivity index (χ1v) is 9.64. The quantitative estimate of drug-likeness (QED) is 0.284. The number of hydrogen-bond acceptors (Lipinski definition) is 6. The van der Waals surface area contributed by atoms with Gasteiger partial charge in [-0.3, -0.25) is 24.3 Å². The molecule has 29 heavy (non-hydrogen) atoms. The van der Waals surface area contributed by atoms with Gasteiger partial charge in [-0.05, 0) is 32.0 Å². The number of hydrogen-bond donors (Lipinski definition) is 1. The summed E-state index contributed by atoms with van der Waals surface area (Å²) in [5, 5.41) is 14.0. The molecule has 1 N–H and O–H groups in total. The zero-order chi connectivity index (χ0) is 21.1. The van der Waals surface area contributed by atoms with Crippen LogP contribution in [0.25, 0.3) is 10.9 Å². The fraction of sp³-hybridized carbons (Fsp3) is 0.211. The Morgan fingerprint density at radius 2 is 2.03 bits per heavy atom. The van der Waals surface area contributed by atoms with Crippen LogP contribution in [0.3, 0.4) is 0 Å². The number of thioether (sulfide) groups is 1. The Kier molecular flexibility index (Phi) is 5.92. The number of nitrogens with one attached hydrogen (secondary N) is 1. The van der Waals surface area contributed by atoms with Gasteiger partial charge in [0.15, 0.2) is 5.16 Å². The van der Waals surface area contributed by atoms with Crippen LogP contribution in [-0.4, -0.2) is 26.1 Å². The lowest BCUT2D eigenvalue weighted by molar-refractivity contribution is -0.384. The van der Waals surface area contributed by atoms with Crippen LogP contribution in [0, 0.1) is 15.9 Å². The first kappa shape index (κ1) is 20.5. The number of aromatic nitrogens is 2. The lowest BCUT2D eigenvalue weighted by Crippen LogP contribution is -2.25. The predicted octanol–water partition coefficient (Wildman–Crippen LogP) is 3.76. The third-order valence-electron chi connectivity index (χ3n) is 4.06. The number of nitro benzene ring substituents is 1. The average Bonchev–Trinajstić information content (AvgIpc) is 2.67. The highest BCUT2D eigenvalue weighted by Crippen LogP contribution is 2.23. The summed E-state index contributed by atoms with van der Waals surface area (Å²) in [6.07, 6.45) is 0. The van der Waals surface area contributed by atoms with Crippen molar-refractivity contribution in [1.29, 1.82) is 0 Å². The summed E-state index contributed by atoms with van der Waals surface area (Å²) in [6.45, 7) is 3.67. The highest BCUT2D eigenvalue weighted by molar-refractivity contribution is 7.99. The Bertz CT molecular complexity index is 1160. The van der Waals surface area contributed by atoms with Gasteiger partial charge in [-0.1, -0.05) is 23.9 Å². The summed E-state index contributed by atoms with van der Waals surface area (Å²) < 4.78 is 15.3. The number of carbonyl (C=O) groups excluding carboxylic acids is 1. The van der Waals surface area contributed by atoms with E-state index in [4.69, 9.17) is 0 Å². The highest BCUT2D eigenvalue weighted by Gasteiger charge is 2.17. The number of benzene rings is 2. The summed E-state index contributed by atoms with van der Waals surface area (Å²) >= 11 is 1.03. The molecule has 0 saturated carbocycles. The fourth-order valence-corrected chi connectivity index (χ4v) is 3.65. The number of non-ortho nitro benzene ring substituents is 1. The van der Waals surface area contributed by atoms with Crippen molar-refractivity contribution in [2.45, 2.75) is 25.0 Å². The number of halogens is 1. The summed E-state index contributed by atoms with van der Waals surface area (Å²) in [7, 11) is 0. The van der Waals surface area contributed by atoms with Gasteiger partial charge in [0.2, 0.25) is 5.91 Å². The summed E-state index contributed by atoms with van der Waals surface area (Å²) in [6, 6.07) is 9.63. The van der Waals surface area contributed by atoms with Crippen molar-refractivity contribution < 1.29 is 14.1 Å². The number of carbonyl (C=O) groups is 1. The van der Waals surface area contributed by atoms with Gasteiger partial charge in [-0.15, -0.1) is 0 Å². The predicted molar refractivity (Wildman–Crippen MR) is 109 cm³/mol. The van der Waals surface area contributed by atoms with Gasteiger partial charge in [0.25, 0.3) is 11.2 Å². The molecular weight excluding hydrogens is 399 g/mol. The highest BCUT2D eigenvalue weighted by atomic mass is 32.2. The first-order valence-electron chi connectivity index (χ1n) is 8.66. The standard InChI is InChI=1S/C19H17FN4O4S/c1-11(2)23-18(26)13-5-3-4-6-15(13)22-19(23)29-10-17(25)21-16-9-12(24(27)28)7-8-14(16)20/h3-9,11H,10H2,1-2H3,(H,21,25). The molecule has 3 rings (SSSR count). The van der Waals surface area contributed by atoms with Gasteiger partial charge in [-0.25, -0.2) is 9.37 Å². The molecule has 0 atom stereocenters. The first-order chi connectivity index (χ1) is 13.8. The molecule has 0 radical (unpaired) electrons. The van der Waals surface area contributed by atoms with E-state index in [9.17, 15) is 24.1 Å². The number of amides is 1. The molecular formula is C19H17FN4O4S. The van der Waals surface area contributed by atoms with Crippen LogP contribution >= 0.6 is 11.8 Å². The van der Waals surface area contributed by atoms with E-state index in [0.717, 1.165) is 30.0 Å². The molecule has 0 saturated heterocycles. The molecule has 1 amide bonds. The maximum Gasteiger partial charge on any atom is 0.271 e. The van der Waals surface area contributed by atoms with E-state index in [1.54, 1.807) is 24.3 Å². The minimum absolute atomic E-state index is 0.153. The Hall–Kier alpha value is -3.27. The van der Waals surface area contributed by atoms with Crippen molar-refractivity contribution in [3.8, 4) is 0 Å². The maximum atomic E-state index is 13.9. The third kappa shape index (κ3) is 4.43. The van der Waals surface area contributed by atoms with Gasteiger partial charge >= 0.3 is 0 Å². The SMILES string of the molecule is CC(C)n1c(SCC(=O)Nc2cc([N+](=O)[O-])ccc2F)nc2ccccc2c1=O. The van der Waals surface area contributed by atoms with E-state index >= 15 is 0 Å². The Morgan fingerprint density at radius 1 is 1.31 bits per heavy atom. The van der Waals surface area contributed by atoms with Gasteiger partial charge in [0.05, 0.1) is 27.3 Å². The fourth-order valence-electron chi connectivity index (χ4n) is 2.72. The number of rotatable bonds is 6. The average molecular weight is 416 g/mol. The molecule has 1 heterocycles. The molecule has 0 spiro atoms. The van der Waals surface area contributed by atoms with Crippen LogP contribution in [0.2, 0.25) is 0 Å². The van der Waals surface area contributed by atoms with Gasteiger partial charge in [0.1, 0.15) is 5.82 Å². The number of nitro groups is 1. The van der Waals surface area contributed by atoms with E-state index in [0.29, 0.717) is 16.1 Å². The minimum atomic E-state index is -0.781. The number of nitrogens with zero attached hydrogens (tertiary/aromatic N) is 3. The largest absolute Gasteiger partial charge is 0.323 e. The van der Waals surface area contributed by atoms with Crippen molar-refractivity contribution >= 4 is 39.9 Å². The second-order valence-electron chi connectivity index (χ2n) is 6.44. The lowest BCUT2D eigenvalue weighted by atomic mass is 10.2. The normalized spacial score (nSPS) is 11.0. The topological polar surface area (TPSA) is 107 Å². The van der Waals surface area contributed by atoms with E-state index < -0.39 is 16.6 Å². The van der Waals surface area contributed by atoms with Crippen LogP contribution in [0.15, 0.2) is 52.4 Å². The molecule has 2 aromatic carbocycles. The van der Waals surface area contributed by atoms with Crippen LogP contribution in [0.5, 0.6) is 0 Å². The molecule has 0 aliphatic carbocycles. The van der Waals surface area contributed by atoms with E-state index in [1.165, 1.54) is 4.57 Å². The summed E-state index contributed by atoms with van der Waals surface area (Å²) in [5.41, 5.74) is -0.308. The Morgan fingerprint density at radius 3 is 2.72 bits per heavy atom. The van der Waals surface area contributed by atoms with E-state index in [-0.39, 0.29) is 28.7 Å². The van der Waals surface area contributed by atoms with Crippen LogP contribution in [0.4, 0.5) is 15.8 Å².